The van der Waals surface area contributed by atoms with Crippen molar-refractivity contribution in [3.8, 4) is 0 Å². The Labute approximate surface area is 107 Å². The number of ether oxygens (including phenoxy) is 2. The number of rotatable bonds is 2. The topological polar surface area (TPSA) is 99.6 Å². The maximum Gasteiger partial charge on any atom is 0.351 e. The van der Waals surface area contributed by atoms with Crippen LogP contribution in [0.3, 0.4) is 0 Å². The number of nitrogen functional groups attached to an aromatic ring is 1. The van der Waals surface area contributed by atoms with Crippen LogP contribution in [0.15, 0.2) is 17.1 Å². The highest BCUT2D eigenvalue weighted by molar-refractivity contribution is 5.24. The Hall–Kier alpha value is -1.51. The van der Waals surface area contributed by atoms with Crippen molar-refractivity contribution in [1.29, 1.82) is 0 Å². The quantitative estimate of drug-likeness (QED) is 0.731. The fourth-order valence-corrected chi connectivity index (χ4v) is 2.69. The Morgan fingerprint density at radius 1 is 1.74 bits per heavy atom. The predicted molar refractivity (Wildman–Crippen MR) is 62.1 cm³/mol. The van der Waals surface area contributed by atoms with Gasteiger partial charge in [-0.15, -0.1) is 0 Å². The van der Waals surface area contributed by atoms with Gasteiger partial charge in [-0.25, -0.2) is 9.18 Å². The summed E-state index contributed by atoms with van der Waals surface area (Å²) < 4.78 is 26.5. The zero-order chi connectivity index (χ0) is 13.8. The molecule has 1 aromatic rings. The van der Waals surface area contributed by atoms with E-state index in [-0.39, 0.29) is 19.0 Å². The van der Waals surface area contributed by atoms with Crippen LogP contribution >= 0.6 is 0 Å². The fourth-order valence-electron chi connectivity index (χ4n) is 2.69. The second-order valence-electron chi connectivity index (χ2n) is 5.08. The largest absolute Gasteiger partial charge is 0.393 e. The van der Waals surface area contributed by atoms with Crippen molar-refractivity contribution in [2.75, 3.05) is 18.9 Å². The van der Waals surface area contributed by atoms with Crippen molar-refractivity contribution in [2.45, 2.75) is 30.5 Å². The summed E-state index contributed by atoms with van der Waals surface area (Å²) in [5.74, 6) is 0.0518. The van der Waals surface area contributed by atoms with Crippen molar-refractivity contribution in [2.24, 2.45) is 0 Å². The molecule has 3 N–H and O–H groups in total. The van der Waals surface area contributed by atoms with Crippen LogP contribution in [-0.4, -0.2) is 45.2 Å². The van der Waals surface area contributed by atoms with Crippen molar-refractivity contribution >= 4 is 5.82 Å². The van der Waals surface area contributed by atoms with Gasteiger partial charge in [-0.3, -0.25) is 4.57 Å². The van der Waals surface area contributed by atoms with Crippen LogP contribution < -0.4 is 11.4 Å². The molecule has 1 aromatic heterocycles. The molecule has 8 heteroatoms. The van der Waals surface area contributed by atoms with Gasteiger partial charge in [0.2, 0.25) is 0 Å². The zero-order valence-electron chi connectivity index (χ0n) is 10.2. The van der Waals surface area contributed by atoms with E-state index in [1.54, 1.807) is 0 Å². The van der Waals surface area contributed by atoms with Crippen LogP contribution in [0.5, 0.6) is 0 Å². The molecule has 0 bridgehead atoms. The number of aromatic nitrogens is 2. The summed E-state index contributed by atoms with van der Waals surface area (Å²) in [7, 11) is 0. The van der Waals surface area contributed by atoms with E-state index in [1.165, 1.54) is 19.2 Å². The van der Waals surface area contributed by atoms with Gasteiger partial charge in [-0.2, -0.15) is 4.98 Å². The van der Waals surface area contributed by atoms with E-state index in [0.717, 1.165) is 4.57 Å². The molecule has 3 heterocycles. The molecule has 2 saturated heterocycles. The van der Waals surface area contributed by atoms with Crippen LogP contribution in [0.1, 0.15) is 13.2 Å². The average molecular weight is 271 g/mol. The number of nitrogens with zero attached hydrogens (tertiary/aromatic N) is 2. The number of nitrogens with two attached hydrogens (primary N) is 1. The first-order valence-electron chi connectivity index (χ1n) is 5.84. The Kier molecular flexibility index (Phi) is 2.47. The van der Waals surface area contributed by atoms with E-state index in [4.69, 9.17) is 15.2 Å². The lowest BCUT2D eigenvalue weighted by Gasteiger charge is -2.43. The summed E-state index contributed by atoms with van der Waals surface area (Å²) in [5.41, 5.74) is 1.65. The lowest BCUT2D eigenvalue weighted by atomic mass is 9.85. The van der Waals surface area contributed by atoms with Crippen molar-refractivity contribution in [3.05, 3.63) is 22.7 Å². The van der Waals surface area contributed by atoms with Crippen molar-refractivity contribution in [1.82, 2.24) is 9.55 Å². The Bertz CT molecular complexity index is 571. The minimum Gasteiger partial charge on any atom is -0.393 e. The number of alkyl halides is 1. The molecular formula is C11H14FN3O4. The molecule has 7 nitrogen and oxygen atoms in total. The van der Waals surface area contributed by atoms with Crippen LogP contribution in [0.25, 0.3) is 0 Å². The molecule has 0 saturated carbocycles. The molecule has 0 aromatic carbocycles. The summed E-state index contributed by atoms with van der Waals surface area (Å²) in [4.78, 5) is 15.3. The van der Waals surface area contributed by atoms with E-state index < -0.39 is 29.3 Å². The number of fused-ring (bicyclic) bond motifs is 1. The fraction of sp³-hybridized carbons (Fsp3) is 0.636. The van der Waals surface area contributed by atoms with Gasteiger partial charge in [0.1, 0.15) is 17.5 Å². The third-order valence-corrected chi connectivity index (χ3v) is 3.69. The van der Waals surface area contributed by atoms with E-state index in [9.17, 15) is 14.3 Å². The van der Waals surface area contributed by atoms with E-state index in [2.05, 4.69) is 4.98 Å². The van der Waals surface area contributed by atoms with E-state index in [1.807, 2.05) is 0 Å². The number of anilines is 1. The number of aliphatic hydroxyl groups excluding tert-OH is 1. The number of hydrogen-bond donors (Lipinski definition) is 2. The first-order valence-corrected chi connectivity index (χ1v) is 5.84. The molecule has 104 valence electrons. The minimum atomic E-state index is -1.94. The third kappa shape index (κ3) is 1.54. The Morgan fingerprint density at radius 3 is 2.95 bits per heavy atom. The first-order chi connectivity index (χ1) is 8.90. The second kappa shape index (κ2) is 3.75. The molecule has 0 unspecified atom stereocenters. The molecule has 4 atom stereocenters. The lowest BCUT2D eigenvalue weighted by molar-refractivity contribution is -0.248. The smallest absolute Gasteiger partial charge is 0.351 e. The molecule has 0 spiro atoms. The summed E-state index contributed by atoms with van der Waals surface area (Å²) in [6.45, 7) is 1.01. The third-order valence-electron chi connectivity index (χ3n) is 3.69. The van der Waals surface area contributed by atoms with Crippen molar-refractivity contribution < 1.29 is 19.0 Å². The molecule has 0 radical (unpaired) electrons. The SMILES string of the molecule is C[C@@]1(F)[C@@H]2OC[C@]2(CO)O[C@H]1n1ccc(N)nc1=O. The van der Waals surface area contributed by atoms with Gasteiger partial charge in [0, 0.05) is 6.20 Å². The molecule has 2 aliphatic rings. The Morgan fingerprint density at radius 2 is 2.47 bits per heavy atom. The maximum absolute atomic E-state index is 14.8. The Balaban J connectivity index is 2.04. The average Bonchev–Trinajstić information content (AvgIpc) is 2.44. The number of hydrogen-bond acceptors (Lipinski definition) is 6. The van der Waals surface area contributed by atoms with Gasteiger partial charge >= 0.3 is 5.69 Å². The number of halogens is 1. The monoisotopic (exact) mass is 271 g/mol. The van der Waals surface area contributed by atoms with Crippen LogP contribution in [0, 0.1) is 0 Å². The lowest BCUT2D eigenvalue weighted by Crippen LogP contribution is -2.63. The van der Waals surface area contributed by atoms with Gasteiger partial charge in [-0.1, -0.05) is 0 Å². The number of aliphatic hydroxyl groups is 1. The first kappa shape index (κ1) is 12.5. The molecule has 0 amide bonds. The standard InChI is InChI=1S/C11H14FN3O4/c1-10(12)7-11(4-16,5-18-7)19-8(10)15-3-2-6(13)14-9(15)17/h2-3,7-8,16H,4-5H2,1H3,(H2,13,14,17)/t7-,8+,10+,11-/m0/s1. The highest BCUT2D eigenvalue weighted by atomic mass is 19.1. The van der Waals surface area contributed by atoms with Crippen LogP contribution in [-0.2, 0) is 9.47 Å². The summed E-state index contributed by atoms with van der Waals surface area (Å²) in [6.07, 6.45) is -0.782. The van der Waals surface area contributed by atoms with Crippen LogP contribution in [0.2, 0.25) is 0 Å². The highest BCUT2D eigenvalue weighted by Crippen LogP contribution is 2.52. The summed E-state index contributed by atoms with van der Waals surface area (Å²) >= 11 is 0. The van der Waals surface area contributed by atoms with Gasteiger partial charge in [0.25, 0.3) is 0 Å². The zero-order valence-corrected chi connectivity index (χ0v) is 10.2. The molecule has 0 aliphatic carbocycles. The van der Waals surface area contributed by atoms with E-state index in [0.29, 0.717) is 0 Å². The molecule has 2 aliphatic heterocycles. The molecular weight excluding hydrogens is 257 g/mol. The van der Waals surface area contributed by atoms with Gasteiger partial charge < -0.3 is 20.3 Å². The molecule has 2 fully saturated rings. The van der Waals surface area contributed by atoms with Crippen molar-refractivity contribution in [3.63, 3.8) is 0 Å². The summed E-state index contributed by atoms with van der Waals surface area (Å²) in [6, 6.07) is 1.38. The summed E-state index contributed by atoms with van der Waals surface area (Å²) in [5, 5.41) is 9.36. The minimum absolute atomic E-state index is 0.0518. The normalized spacial score (nSPS) is 40.8. The van der Waals surface area contributed by atoms with E-state index >= 15 is 0 Å². The second-order valence-corrected chi connectivity index (χ2v) is 5.08. The van der Waals surface area contributed by atoms with Gasteiger partial charge in [-0.05, 0) is 13.0 Å². The maximum atomic E-state index is 14.8. The van der Waals surface area contributed by atoms with Gasteiger partial charge in [0.15, 0.2) is 11.9 Å². The molecule has 3 rings (SSSR count). The van der Waals surface area contributed by atoms with Crippen LogP contribution in [0.4, 0.5) is 10.2 Å². The molecule has 19 heavy (non-hydrogen) atoms. The van der Waals surface area contributed by atoms with Gasteiger partial charge in [0.05, 0.1) is 13.2 Å². The predicted octanol–water partition coefficient (Wildman–Crippen LogP) is -0.788. The highest BCUT2D eigenvalue weighted by Gasteiger charge is 2.69.